The lowest BCUT2D eigenvalue weighted by molar-refractivity contribution is 0.0657. The summed E-state index contributed by atoms with van der Waals surface area (Å²) < 4.78 is 5.22. The van der Waals surface area contributed by atoms with Gasteiger partial charge in [-0.05, 0) is 63.9 Å². The number of carbonyl (C=O) groups excluding carboxylic acids is 1. The van der Waals surface area contributed by atoms with Gasteiger partial charge in [-0.3, -0.25) is 4.79 Å². The standard InChI is InChI=1S/C17H26N2O2/c1-13(2)19(12-14-7-9-18-10-8-14)17(20)15-5-4-6-16(11-15)21-3/h4-6,11,13-14,18H,7-10,12H2,1-3H3. The minimum absolute atomic E-state index is 0.0995. The molecule has 1 aliphatic heterocycles. The number of carbonyl (C=O) groups is 1. The van der Waals surface area contributed by atoms with Gasteiger partial charge in [-0.2, -0.15) is 0 Å². The van der Waals surface area contributed by atoms with Crippen LogP contribution in [0.3, 0.4) is 0 Å². The van der Waals surface area contributed by atoms with Crippen LogP contribution in [0, 0.1) is 5.92 Å². The molecule has 0 aromatic heterocycles. The number of hydrogen-bond donors (Lipinski definition) is 1. The van der Waals surface area contributed by atoms with Crippen LogP contribution in [0.5, 0.6) is 5.75 Å². The Bertz CT molecular complexity index is 468. The van der Waals surface area contributed by atoms with Crippen LogP contribution in [0.25, 0.3) is 0 Å². The molecule has 0 unspecified atom stereocenters. The first-order valence-corrected chi connectivity index (χ1v) is 7.77. The maximum Gasteiger partial charge on any atom is 0.254 e. The number of rotatable bonds is 5. The highest BCUT2D eigenvalue weighted by molar-refractivity contribution is 5.94. The van der Waals surface area contributed by atoms with Crippen LogP contribution in [-0.4, -0.2) is 43.6 Å². The molecule has 0 saturated carbocycles. The minimum Gasteiger partial charge on any atom is -0.497 e. The molecule has 1 heterocycles. The van der Waals surface area contributed by atoms with Crippen molar-refractivity contribution in [3.63, 3.8) is 0 Å². The summed E-state index contributed by atoms with van der Waals surface area (Å²) in [5.41, 5.74) is 0.706. The largest absolute Gasteiger partial charge is 0.497 e. The molecule has 1 aromatic carbocycles. The van der Waals surface area contributed by atoms with E-state index < -0.39 is 0 Å². The molecule has 4 nitrogen and oxygen atoms in total. The molecule has 1 fully saturated rings. The summed E-state index contributed by atoms with van der Waals surface area (Å²) in [5, 5.41) is 3.37. The molecule has 0 atom stereocenters. The van der Waals surface area contributed by atoms with E-state index in [4.69, 9.17) is 4.74 Å². The smallest absolute Gasteiger partial charge is 0.254 e. The molecule has 1 N–H and O–H groups in total. The van der Waals surface area contributed by atoms with Gasteiger partial charge in [-0.1, -0.05) is 6.07 Å². The van der Waals surface area contributed by atoms with Gasteiger partial charge in [0, 0.05) is 18.2 Å². The molecule has 2 rings (SSSR count). The Kier molecular flexibility index (Phi) is 5.62. The van der Waals surface area contributed by atoms with Gasteiger partial charge in [-0.25, -0.2) is 0 Å². The van der Waals surface area contributed by atoms with Crippen molar-refractivity contribution in [3.05, 3.63) is 29.8 Å². The van der Waals surface area contributed by atoms with Crippen LogP contribution >= 0.6 is 0 Å². The molecule has 0 bridgehead atoms. The summed E-state index contributed by atoms with van der Waals surface area (Å²) in [5.74, 6) is 1.43. The van der Waals surface area contributed by atoms with Gasteiger partial charge in [0.25, 0.3) is 5.91 Å². The van der Waals surface area contributed by atoms with Crippen molar-refractivity contribution in [1.82, 2.24) is 10.2 Å². The lowest BCUT2D eigenvalue weighted by Crippen LogP contribution is -2.42. The highest BCUT2D eigenvalue weighted by atomic mass is 16.5. The minimum atomic E-state index is 0.0995. The third-order valence-electron chi connectivity index (χ3n) is 4.11. The lowest BCUT2D eigenvalue weighted by Gasteiger charge is -2.33. The summed E-state index contributed by atoms with van der Waals surface area (Å²) in [4.78, 5) is 14.8. The fraction of sp³-hybridized carbons (Fsp3) is 0.588. The highest BCUT2D eigenvalue weighted by Gasteiger charge is 2.24. The van der Waals surface area contributed by atoms with E-state index in [2.05, 4.69) is 19.2 Å². The van der Waals surface area contributed by atoms with Crippen molar-refractivity contribution >= 4 is 5.91 Å². The van der Waals surface area contributed by atoms with Crippen molar-refractivity contribution in [2.75, 3.05) is 26.7 Å². The van der Waals surface area contributed by atoms with Crippen LogP contribution in [0.2, 0.25) is 0 Å². The third kappa shape index (κ3) is 4.21. The molecule has 1 amide bonds. The zero-order valence-corrected chi connectivity index (χ0v) is 13.3. The van der Waals surface area contributed by atoms with E-state index in [1.807, 2.05) is 29.2 Å². The Balaban J connectivity index is 2.10. The third-order valence-corrected chi connectivity index (χ3v) is 4.11. The second-order valence-corrected chi connectivity index (χ2v) is 5.98. The number of hydrogen-bond acceptors (Lipinski definition) is 3. The van der Waals surface area contributed by atoms with Crippen LogP contribution in [0.15, 0.2) is 24.3 Å². The first-order valence-electron chi connectivity index (χ1n) is 7.77. The Morgan fingerprint density at radius 2 is 2.10 bits per heavy atom. The number of benzene rings is 1. The van der Waals surface area contributed by atoms with Gasteiger partial charge in [0.2, 0.25) is 0 Å². The summed E-state index contributed by atoms with van der Waals surface area (Å²) in [6.07, 6.45) is 2.29. The fourth-order valence-corrected chi connectivity index (χ4v) is 2.79. The van der Waals surface area contributed by atoms with Gasteiger partial charge < -0.3 is 15.0 Å². The zero-order valence-electron chi connectivity index (χ0n) is 13.3. The van der Waals surface area contributed by atoms with E-state index in [1.54, 1.807) is 7.11 Å². The molecule has 21 heavy (non-hydrogen) atoms. The predicted octanol–water partition coefficient (Wildman–Crippen LogP) is 2.55. The van der Waals surface area contributed by atoms with Gasteiger partial charge in [-0.15, -0.1) is 0 Å². The maximum absolute atomic E-state index is 12.8. The average Bonchev–Trinajstić information content (AvgIpc) is 2.52. The van der Waals surface area contributed by atoms with E-state index in [0.29, 0.717) is 11.5 Å². The summed E-state index contributed by atoms with van der Waals surface area (Å²) in [6, 6.07) is 7.62. The van der Waals surface area contributed by atoms with Crippen molar-refractivity contribution in [2.24, 2.45) is 5.92 Å². The van der Waals surface area contributed by atoms with Crippen LogP contribution < -0.4 is 10.1 Å². The first-order chi connectivity index (χ1) is 10.1. The van der Waals surface area contributed by atoms with Gasteiger partial charge in [0.1, 0.15) is 5.75 Å². The molecular formula is C17H26N2O2. The number of methoxy groups -OCH3 is 1. The Morgan fingerprint density at radius 1 is 1.38 bits per heavy atom. The van der Waals surface area contributed by atoms with Gasteiger partial charge in [0.05, 0.1) is 7.11 Å². The molecule has 1 saturated heterocycles. The first kappa shape index (κ1) is 15.8. The van der Waals surface area contributed by atoms with Gasteiger partial charge >= 0.3 is 0 Å². The van der Waals surface area contributed by atoms with E-state index in [-0.39, 0.29) is 11.9 Å². The Labute approximate surface area is 127 Å². The molecule has 1 aromatic rings. The lowest BCUT2D eigenvalue weighted by atomic mass is 9.96. The average molecular weight is 290 g/mol. The number of amides is 1. The second kappa shape index (κ2) is 7.46. The second-order valence-electron chi connectivity index (χ2n) is 5.98. The van der Waals surface area contributed by atoms with Crippen molar-refractivity contribution in [1.29, 1.82) is 0 Å². The Hall–Kier alpha value is -1.55. The summed E-state index contributed by atoms with van der Waals surface area (Å²) >= 11 is 0. The molecule has 4 heteroatoms. The number of nitrogens with one attached hydrogen (secondary N) is 1. The van der Waals surface area contributed by atoms with E-state index in [0.717, 1.165) is 38.2 Å². The monoisotopic (exact) mass is 290 g/mol. The summed E-state index contributed by atoms with van der Waals surface area (Å²) in [7, 11) is 1.62. The van der Waals surface area contributed by atoms with E-state index >= 15 is 0 Å². The van der Waals surface area contributed by atoms with Crippen molar-refractivity contribution in [2.45, 2.75) is 32.7 Å². The SMILES string of the molecule is COc1cccc(C(=O)N(CC2CCNCC2)C(C)C)c1. The predicted molar refractivity (Wildman–Crippen MR) is 84.8 cm³/mol. The van der Waals surface area contributed by atoms with Crippen LogP contribution in [0.1, 0.15) is 37.0 Å². The molecule has 1 aliphatic rings. The molecule has 0 aliphatic carbocycles. The maximum atomic E-state index is 12.8. The topological polar surface area (TPSA) is 41.6 Å². The fourth-order valence-electron chi connectivity index (χ4n) is 2.79. The van der Waals surface area contributed by atoms with E-state index in [9.17, 15) is 4.79 Å². The van der Waals surface area contributed by atoms with Gasteiger partial charge in [0.15, 0.2) is 0 Å². The molecular weight excluding hydrogens is 264 g/mol. The van der Waals surface area contributed by atoms with Crippen molar-refractivity contribution < 1.29 is 9.53 Å². The molecule has 0 radical (unpaired) electrons. The zero-order chi connectivity index (χ0) is 15.2. The summed E-state index contributed by atoms with van der Waals surface area (Å²) in [6.45, 7) is 7.13. The quantitative estimate of drug-likeness (QED) is 0.906. The Morgan fingerprint density at radius 3 is 2.71 bits per heavy atom. The number of nitrogens with zero attached hydrogens (tertiary/aromatic N) is 1. The number of piperidine rings is 1. The van der Waals surface area contributed by atoms with Crippen molar-refractivity contribution in [3.8, 4) is 5.75 Å². The normalized spacial score (nSPS) is 16.0. The highest BCUT2D eigenvalue weighted by Crippen LogP contribution is 2.19. The molecule has 0 spiro atoms. The molecule has 116 valence electrons. The van der Waals surface area contributed by atoms with Crippen LogP contribution in [0.4, 0.5) is 0 Å². The van der Waals surface area contributed by atoms with Crippen LogP contribution in [-0.2, 0) is 0 Å². The van der Waals surface area contributed by atoms with E-state index in [1.165, 1.54) is 0 Å². The number of ether oxygens (including phenoxy) is 1.